The van der Waals surface area contributed by atoms with Gasteiger partial charge >= 0.3 is 0 Å². The first-order valence-electron chi connectivity index (χ1n) is 9.71. The molecule has 1 aromatic heterocycles. The second kappa shape index (κ2) is 7.92. The van der Waals surface area contributed by atoms with Crippen LogP contribution in [0.1, 0.15) is 33.2 Å². The van der Waals surface area contributed by atoms with Crippen LogP contribution in [0.4, 0.5) is 5.69 Å². The number of carbonyl (C=O) groups excluding carboxylic acids is 2. The Morgan fingerprint density at radius 3 is 2.32 bits per heavy atom. The van der Waals surface area contributed by atoms with Crippen molar-refractivity contribution in [1.29, 1.82) is 0 Å². The van der Waals surface area contributed by atoms with Gasteiger partial charge in [-0.2, -0.15) is 0 Å². The van der Waals surface area contributed by atoms with Crippen LogP contribution in [-0.2, 0) is 16.4 Å². The summed E-state index contributed by atoms with van der Waals surface area (Å²) in [5.41, 5.74) is 7.67. The van der Waals surface area contributed by atoms with Crippen molar-refractivity contribution in [3.05, 3.63) is 83.7 Å². The van der Waals surface area contributed by atoms with Crippen LogP contribution in [0.3, 0.4) is 0 Å². The minimum atomic E-state index is -3.40. The van der Waals surface area contributed by atoms with Gasteiger partial charge in [-0.25, -0.2) is 8.42 Å². The molecule has 0 saturated heterocycles. The summed E-state index contributed by atoms with van der Waals surface area (Å²) < 4.78 is 27.3. The highest BCUT2D eigenvalue weighted by atomic mass is 32.2. The van der Waals surface area contributed by atoms with Gasteiger partial charge in [0.05, 0.1) is 23.2 Å². The van der Waals surface area contributed by atoms with Gasteiger partial charge in [-0.1, -0.05) is 12.1 Å². The third-order valence-electron chi connectivity index (χ3n) is 5.17. The number of nitrogens with zero attached hydrogens (tertiary/aromatic N) is 2. The molecule has 0 spiro atoms. The van der Waals surface area contributed by atoms with E-state index in [1.165, 1.54) is 10.6 Å². The molecule has 9 heteroatoms. The van der Waals surface area contributed by atoms with Gasteiger partial charge in [0.2, 0.25) is 10.0 Å². The molecule has 31 heavy (non-hydrogen) atoms. The van der Waals surface area contributed by atoms with E-state index in [0.29, 0.717) is 28.9 Å². The molecule has 0 radical (unpaired) electrons. The lowest BCUT2D eigenvalue weighted by atomic mass is 10.1. The Bertz CT molecular complexity index is 1250. The van der Waals surface area contributed by atoms with Gasteiger partial charge in [-0.15, -0.1) is 0 Å². The van der Waals surface area contributed by atoms with Crippen LogP contribution in [0.25, 0.3) is 5.69 Å². The van der Waals surface area contributed by atoms with Crippen molar-refractivity contribution in [3.8, 4) is 5.69 Å². The predicted octanol–water partition coefficient (Wildman–Crippen LogP) is 2.26. The Morgan fingerprint density at radius 1 is 0.935 bits per heavy atom. The Hall–Kier alpha value is -3.59. The molecule has 3 aromatic rings. The molecule has 2 amide bonds. The van der Waals surface area contributed by atoms with Crippen molar-refractivity contribution in [3.63, 3.8) is 0 Å². The standard InChI is InChI=1S/C22H22N4O4S/c1-15-13-17-14-16(9-10-19(17)26(15)31(2,29)30)21(27)23-24-22(28)18-7-3-4-8-20(18)25-11-5-6-12-25/h3-12,14-15H,13H2,1-2H3,(H,23,27)(H,24,28). The molecule has 0 fully saturated rings. The van der Waals surface area contributed by atoms with Crippen LogP contribution in [-0.4, -0.2) is 37.1 Å². The molecule has 2 aromatic carbocycles. The van der Waals surface area contributed by atoms with Crippen molar-refractivity contribution in [2.75, 3.05) is 10.6 Å². The number of sulfonamides is 1. The Labute approximate surface area is 180 Å². The molecule has 1 unspecified atom stereocenters. The maximum Gasteiger partial charge on any atom is 0.271 e. The van der Waals surface area contributed by atoms with Crippen LogP contribution in [0.2, 0.25) is 0 Å². The van der Waals surface area contributed by atoms with Crippen molar-refractivity contribution >= 4 is 27.5 Å². The fourth-order valence-electron chi connectivity index (χ4n) is 3.89. The number of anilines is 1. The number of hydrogen-bond donors (Lipinski definition) is 2. The van der Waals surface area contributed by atoms with Gasteiger partial charge in [-0.05, 0) is 61.4 Å². The third-order valence-corrected chi connectivity index (χ3v) is 6.44. The van der Waals surface area contributed by atoms with E-state index in [1.54, 1.807) is 30.3 Å². The lowest BCUT2D eigenvalue weighted by Gasteiger charge is -2.21. The molecule has 0 aliphatic carbocycles. The highest BCUT2D eigenvalue weighted by Crippen LogP contribution is 2.34. The number of nitrogens with one attached hydrogen (secondary N) is 2. The third kappa shape index (κ3) is 4.04. The summed E-state index contributed by atoms with van der Waals surface area (Å²) in [4.78, 5) is 25.3. The number of rotatable bonds is 4. The molecule has 160 valence electrons. The molecule has 1 aliphatic heterocycles. The van der Waals surface area contributed by atoms with Gasteiger partial charge < -0.3 is 4.57 Å². The fraction of sp³-hybridized carbons (Fsp3) is 0.182. The van der Waals surface area contributed by atoms with Gasteiger partial charge in [0.25, 0.3) is 11.8 Å². The van der Waals surface area contributed by atoms with E-state index >= 15 is 0 Å². The SMILES string of the molecule is CC1Cc2cc(C(=O)NNC(=O)c3ccccc3-n3cccc3)ccc2N1S(C)(=O)=O. The normalized spacial score (nSPS) is 15.4. The number of aromatic nitrogens is 1. The maximum absolute atomic E-state index is 12.7. The summed E-state index contributed by atoms with van der Waals surface area (Å²) in [5.74, 6) is -0.935. The van der Waals surface area contributed by atoms with E-state index < -0.39 is 21.8 Å². The first kappa shape index (κ1) is 20.7. The van der Waals surface area contributed by atoms with E-state index in [4.69, 9.17) is 0 Å². The lowest BCUT2D eigenvalue weighted by molar-refractivity contribution is 0.0846. The Kier molecular flexibility index (Phi) is 5.28. The van der Waals surface area contributed by atoms with E-state index in [0.717, 1.165) is 5.56 Å². The average molecular weight is 439 g/mol. The van der Waals surface area contributed by atoms with Crippen molar-refractivity contribution in [2.24, 2.45) is 0 Å². The van der Waals surface area contributed by atoms with Crippen LogP contribution in [0.5, 0.6) is 0 Å². The average Bonchev–Trinajstić information content (AvgIpc) is 3.37. The second-order valence-electron chi connectivity index (χ2n) is 7.47. The first-order valence-corrected chi connectivity index (χ1v) is 11.6. The van der Waals surface area contributed by atoms with Crippen LogP contribution >= 0.6 is 0 Å². The lowest BCUT2D eigenvalue weighted by Crippen LogP contribution is -2.42. The highest BCUT2D eigenvalue weighted by molar-refractivity contribution is 7.92. The zero-order valence-corrected chi connectivity index (χ0v) is 17.9. The number of fused-ring (bicyclic) bond motifs is 1. The number of hydrogen-bond acceptors (Lipinski definition) is 4. The summed E-state index contributed by atoms with van der Waals surface area (Å²) >= 11 is 0. The van der Waals surface area contributed by atoms with Crippen LogP contribution < -0.4 is 15.2 Å². The molecule has 1 aliphatic rings. The highest BCUT2D eigenvalue weighted by Gasteiger charge is 2.32. The molecule has 2 N–H and O–H groups in total. The monoisotopic (exact) mass is 438 g/mol. The molecule has 0 saturated carbocycles. The number of hydrazine groups is 1. The zero-order valence-electron chi connectivity index (χ0n) is 17.1. The first-order chi connectivity index (χ1) is 14.8. The summed E-state index contributed by atoms with van der Waals surface area (Å²) in [6.07, 6.45) is 5.34. The number of para-hydroxylation sites is 1. The Morgan fingerprint density at radius 2 is 1.61 bits per heavy atom. The maximum atomic E-state index is 12.7. The number of amides is 2. The summed E-state index contributed by atoms with van der Waals surface area (Å²) in [7, 11) is -3.40. The predicted molar refractivity (Wildman–Crippen MR) is 118 cm³/mol. The molecular weight excluding hydrogens is 416 g/mol. The number of carbonyl (C=O) groups is 2. The molecule has 4 rings (SSSR count). The summed E-state index contributed by atoms with van der Waals surface area (Å²) in [6, 6.07) is 15.4. The molecule has 8 nitrogen and oxygen atoms in total. The van der Waals surface area contributed by atoms with Crippen molar-refractivity contribution in [1.82, 2.24) is 15.4 Å². The molecule has 0 bridgehead atoms. The molecular formula is C22H22N4O4S. The number of benzene rings is 2. The van der Waals surface area contributed by atoms with Gasteiger partial charge in [0, 0.05) is 24.0 Å². The largest absolute Gasteiger partial charge is 0.323 e. The smallest absolute Gasteiger partial charge is 0.271 e. The quantitative estimate of drug-likeness (QED) is 0.610. The van der Waals surface area contributed by atoms with Gasteiger partial charge in [0.1, 0.15) is 0 Å². The summed E-state index contributed by atoms with van der Waals surface area (Å²) in [5, 5.41) is 0. The second-order valence-corrected chi connectivity index (χ2v) is 9.33. The topological polar surface area (TPSA) is 101 Å². The van der Waals surface area contributed by atoms with E-state index in [-0.39, 0.29) is 6.04 Å². The Balaban J connectivity index is 1.49. The van der Waals surface area contributed by atoms with E-state index in [1.807, 2.05) is 48.1 Å². The fourth-order valence-corrected chi connectivity index (χ4v) is 5.15. The van der Waals surface area contributed by atoms with Gasteiger partial charge in [-0.3, -0.25) is 24.7 Å². The summed E-state index contributed by atoms with van der Waals surface area (Å²) in [6.45, 7) is 1.82. The van der Waals surface area contributed by atoms with Gasteiger partial charge in [0.15, 0.2) is 0 Å². The van der Waals surface area contributed by atoms with Crippen molar-refractivity contribution < 1.29 is 18.0 Å². The zero-order chi connectivity index (χ0) is 22.2. The minimum Gasteiger partial charge on any atom is -0.323 e. The van der Waals surface area contributed by atoms with E-state index in [2.05, 4.69) is 10.9 Å². The molecule has 2 heterocycles. The van der Waals surface area contributed by atoms with E-state index in [9.17, 15) is 18.0 Å². The molecule has 1 atom stereocenters. The van der Waals surface area contributed by atoms with Crippen molar-refractivity contribution in [2.45, 2.75) is 19.4 Å². The van der Waals surface area contributed by atoms with Crippen LogP contribution in [0.15, 0.2) is 67.0 Å². The van der Waals surface area contributed by atoms with Crippen LogP contribution in [0, 0.1) is 0 Å². The minimum absolute atomic E-state index is 0.215.